The van der Waals surface area contributed by atoms with E-state index in [0.717, 1.165) is 37.4 Å². The molecule has 0 aromatic rings. The molecule has 2 aliphatic carbocycles. The highest BCUT2D eigenvalue weighted by atomic mass is 127. The summed E-state index contributed by atoms with van der Waals surface area (Å²) < 4.78 is 5.07. The normalized spacial score (nSPS) is 25.9. The maximum Gasteiger partial charge on any atom is 0.243 e. The van der Waals surface area contributed by atoms with E-state index in [9.17, 15) is 4.79 Å². The lowest BCUT2D eigenvalue weighted by Gasteiger charge is -2.25. The maximum atomic E-state index is 11.7. The molecule has 6 nitrogen and oxygen atoms in total. The number of aliphatic imine (C=N–C) groups is 1. The number of carbonyl (C=O) groups excluding carboxylic acids is 1. The first-order valence-corrected chi connectivity index (χ1v) is 8.34. The van der Waals surface area contributed by atoms with E-state index in [0.29, 0.717) is 6.04 Å². The Morgan fingerprint density at radius 2 is 2.09 bits per heavy atom. The van der Waals surface area contributed by atoms with Crippen molar-refractivity contribution in [2.45, 2.75) is 38.1 Å². The molecule has 0 radical (unpaired) electrons. The molecule has 0 aliphatic heterocycles. The van der Waals surface area contributed by atoms with Crippen molar-refractivity contribution in [3.63, 3.8) is 0 Å². The quantitative estimate of drug-likeness (QED) is 0.274. The molecule has 134 valence electrons. The summed E-state index contributed by atoms with van der Waals surface area (Å²) in [6, 6.07) is 0.516. The third-order valence-corrected chi connectivity index (χ3v) is 4.75. The highest BCUT2D eigenvalue weighted by Gasteiger charge is 2.39. The van der Waals surface area contributed by atoms with Crippen LogP contribution in [0, 0.1) is 11.8 Å². The van der Waals surface area contributed by atoms with Crippen LogP contribution in [0.2, 0.25) is 0 Å². The van der Waals surface area contributed by atoms with Crippen molar-refractivity contribution >= 4 is 35.8 Å². The van der Waals surface area contributed by atoms with Gasteiger partial charge in [0.15, 0.2) is 5.96 Å². The average Bonchev–Trinajstić information content (AvgIpc) is 3.10. The summed E-state index contributed by atoms with van der Waals surface area (Å²) in [6.07, 6.45) is 6.23. The number of nitrogens with one attached hydrogen (secondary N) is 2. The monoisotopic (exact) mass is 438 g/mol. The molecule has 3 atom stereocenters. The Bertz CT molecular complexity index is 404. The molecule has 2 saturated carbocycles. The molecule has 0 aromatic carbocycles. The molecular formula is C16H31IN4O2. The van der Waals surface area contributed by atoms with Crippen LogP contribution in [0.25, 0.3) is 0 Å². The Morgan fingerprint density at radius 1 is 1.30 bits per heavy atom. The van der Waals surface area contributed by atoms with Gasteiger partial charge in [-0.05, 0) is 37.5 Å². The second-order valence-corrected chi connectivity index (χ2v) is 6.65. The molecule has 0 heterocycles. The van der Waals surface area contributed by atoms with Gasteiger partial charge in [-0.2, -0.15) is 0 Å². The summed E-state index contributed by atoms with van der Waals surface area (Å²) in [5.41, 5.74) is 0. The fourth-order valence-corrected chi connectivity index (χ4v) is 3.46. The van der Waals surface area contributed by atoms with Gasteiger partial charge in [0, 0.05) is 40.4 Å². The minimum absolute atomic E-state index is 0. The van der Waals surface area contributed by atoms with E-state index in [4.69, 9.17) is 4.74 Å². The van der Waals surface area contributed by atoms with Crippen LogP contribution in [0.15, 0.2) is 4.99 Å². The summed E-state index contributed by atoms with van der Waals surface area (Å²) >= 11 is 0. The summed E-state index contributed by atoms with van der Waals surface area (Å²) in [7, 11) is 5.22. The lowest BCUT2D eigenvalue weighted by Crippen LogP contribution is -2.46. The fraction of sp³-hybridized carbons (Fsp3) is 0.875. The van der Waals surface area contributed by atoms with E-state index in [1.807, 2.05) is 0 Å². The van der Waals surface area contributed by atoms with Gasteiger partial charge >= 0.3 is 0 Å². The number of likely N-dealkylation sites (N-methyl/N-ethyl adjacent to an activating group) is 1. The van der Waals surface area contributed by atoms with Crippen molar-refractivity contribution in [3.8, 4) is 0 Å². The Balaban J connectivity index is 0.00000264. The molecular weight excluding hydrogens is 407 g/mol. The number of halogens is 1. The van der Waals surface area contributed by atoms with Crippen LogP contribution in [0.4, 0.5) is 0 Å². The maximum absolute atomic E-state index is 11.7. The Labute approximate surface area is 156 Å². The third kappa shape index (κ3) is 6.45. The number of methoxy groups -OCH3 is 1. The molecule has 2 rings (SSSR count). The van der Waals surface area contributed by atoms with Crippen molar-refractivity contribution in [1.82, 2.24) is 15.5 Å². The predicted molar refractivity (Wildman–Crippen MR) is 103 cm³/mol. The van der Waals surface area contributed by atoms with Gasteiger partial charge in [-0.15, -0.1) is 24.0 Å². The lowest BCUT2D eigenvalue weighted by molar-refractivity contribution is -0.127. The van der Waals surface area contributed by atoms with E-state index in [2.05, 4.69) is 15.6 Å². The van der Waals surface area contributed by atoms with Gasteiger partial charge in [-0.1, -0.05) is 6.42 Å². The highest BCUT2D eigenvalue weighted by molar-refractivity contribution is 14.0. The number of hydrogen-bond acceptors (Lipinski definition) is 3. The first kappa shape index (κ1) is 20.5. The summed E-state index contributed by atoms with van der Waals surface area (Å²) in [5, 5.41) is 6.87. The van der Waals surface area contributed by atoms with E-state index < -0.39 is 0 Å². The largest absolute Gasteiger partial charge is 0.385 e. The first-order valence-electron chi connectivity index (χ1n) is 8.34. The van der Waals surface area contributed by atoms with Crippen LogP contribution in [-0.4, -0.2) is 63.7 Å². The number of amides is 1. The van der Waals surface area contributed by atoms with Gasteiger partial charge in [0.05, 0.1) is 0 Å². The lowest BCUT2D eigenvalue weighted by atomic mass is 9.95. The van der Waals surface area contributed by atoms with Gasteiger partial charge in [-0.25, -0.2) is 4.99 Å². The van der Waals surface area contributed by atoms with Crippen LogP contribution < -0.4 is 10.6 Å². The SMILES string of the molecule is COCCCNC(=NCC(=O)N(C)C)NC1CC2CCC1C2.I. The second-order valence-electron chi connectivity index (χ2n) is 6.65. The van der Waals surface area contributed by atoms with Crippen molar-refractivity contribution in [2.75, 3.05) is 40.9 Å². The van der Waals surface area contributed by atoms with Crippen molar-refractivity contribution in [3.05, 3.63) is 0 Å². The molecule has 2 aliphatic rings. The molecule has 2 bridgehead atoms. The van der Waals surface area contributed by atoms with Crippen LogP contribution >= 0.6 is 24.0 Å². The summed E-state index contributed by atoms with van der Waals surface area (Å²) in [6.45, 7) is 1.72. The molecule has 3 unspecified atom stereocenters. The highest BCUT2D eigenvalue weighted by Crippen LogP contribution is 2.44. The smallest absolute Gasteiger partial charge is 0.243 e. The van der Waals surface area contributed by atoms with Gasteiger partial charge in [0.1, 0.15) is 6.54 Å². The van der Waals surface area contributed by atoms with E-state index in [-0.39, 0.29) is 36.4 Å². The number of fused-ring (bicyclic) bond motifs is 2. The van der Waals surface area contributed by atoms with Crippen molar-refractivity contribution in [1.29, 1.82) is 0 Å². The number of rotatable bonds is 7. The van der Waals surface area contributed by atoms with Crippen LogP contribution in [-0.2, 0) is 9.53 Å². The molecule has 1 amide bonds. The van der Waals surface area contributed by atoms with Gasteiger partial charge in [0.25, 0.3) is 0 Å². The zero-order valence-corrected chi connectivity index (χ0v) is 16.8. The van der Waals surface area contributed by atoms with Crippen molar-refractivity contribution in [2.24, 2.45) is 16.8 Å². The second kappa shape index (κ2) is 10.3. The first-order chi connectivity index (χ1) is 10.6. The van der Waals surface area contributed by atoms with Gasteiger partial charge in [-0.3, -0.25) is 4.79 Å². The number of ether oxygens (including phenoxy) is 1. The minimum Gasteiger partial charge on any atom is -0.385 e. The molecule has 0 aromatic heterocycles. The van der Waals surface area contributed by atoms with Crippen LogP contribution in [0.3, 0.4) is 0 Å². The molecule has 2 N–H and O–H groups in total. The minimum atomic E-state index is 0. The molecule has 2 fully saturated rings. The average molecular weight is 438 g/mol. The number of carbonyl (C=O) groups is 1. The number of guanidine groups is 1. The zero-order valence-electron chi connectivity index (χ0n) is 14.5. The third-order valence-electron chi connectivity index (χ3n) is 4.75. The Morgan fingerprint density at radius 3 is 2.65 bits per heavy atom. The molecule has 7 heteroatoms. The van der Waals surface area contributed by atoms with E-state index in [1.165, 1.54) is 25.7 Å². The standard InChI is InChI=1S/C16H30N4O2.HI/c1-20(2)15(21)11-18-16(17-7-4-8-22-3)19-14-10-12-5-6-13(14)9-12;/h12-14H,4-11H2,1-3H3,(H2,17,18,19);1H. The van der Waals surface area contributed by atoms with E-state index in [1.54, 1.807) is 26.1 Å². The summed E-state index contributed by atoms with van der Waals surface area (Å²) in [4.78, 5) is 17.8. The summed E-state index contributed by atoms with van der Waals surface area (Å²) in [5.74, 6) is 2.45. The predicted octanol–water partition coefficient (Wildman–Crippen LogP) is 1.45. The fourth-order valence-electron chi connectivity index (χ4n) is 3.46. The van der Waals surface area contributed by atoms with Crippen LogP contribution in [0.5, 0.6) is 0 Å². The Hall–Kier alpha value is -0.570. The topological polar surface area (TPSA) is 66.0 Å². The molecule has 0 spiro atoms. The van der Waals surface area contributed by atoms with Crippen LogP contribution in [0.1, 0.15) is 32.1 Å². The van der Waals surface area contributed by atoms with Gasteiger partial charge in [0.2, 0.25) is 5.91 Å². The van der Waals surface area contributed by atoms with E-state index >= 15 is 0 Å². The number of nitrogens with zero attached hydrogens (tertiary/aromatic N) is 2. The Kier molecular flexibility index (Phi) is 9.19. The van der Waals surface area contributed by atoms with Crippen molar-refractivity contribution < 1.29 is 9.53 Å². The zero-order chi connectivity index (χ0) is 15.9. The number of hydrogen-bond donors (Lipinski definition) is 2. The molecule has 23 heavy (non-hydrogen) atoms. The van der Waals surface area contributed by atoms with Gasteiger partial charge < -0.3 is 20.3 Å². The molecule has 0 saturated heterocycles.